The minimum Gasteiger partial charge on any atom is -0.481 e. The lowest BCUT2D eigenvalue weighted by Crippen LogP contribution is -2.53. The Hall–Kier alpha value is -3.04. The lowest BCUT2D eigenvalue weighted by atomic mass is 9.82. The number of halogens is 2. The highest BCUT2D eigenvalue weighted by molar-refractivity contribution is 6.40. The molecule has 0 bridgehead atoms. The molecule has 2 rings (SSSR count). The van der Waals surface area contributed by atoms with Crippen LogP contribution in [-0.2, 0) is 9.59 Å². The van der Waals surface area contributed by atoms with E-state index in [4.69, 9.17) is 39.5 Å². The number of guanidine groups is 1. The Morgan fingerprint density at radius 1 is 1.28 bits per heavy atom. The van der Waals surface area contributed by atoms with Crippen LogP contribution in [-0.4, -0.2) is 40.4 Å². The number of allylic oxidation sites excluding steroid dienone is 2. The number of nitrogens with one attached hydrogen (secondary N) is 4. The summed E-state index contributed by atoms with van der Waals surface area (Å²) >= 11 is 13.0. The molecule has 172 valence electrons. The highest BCUT2D eigenvalue weighted by Gasteiger charge is 2.43. The number of aliphatic carboxylic acids is 1. The van der Waals surface area contributed by atoms with Crippen LogP contribution in [0.1, 0.15) is 36.5 Å². The third-order valence-electron chi connectivity index (χ3n) is 4.89. The third-order valence-corrected chi connectivity index (χ3v) is 5.97. The highest BCUT2D eigenvalue weighted by Crippen LogP contribution is 2.43. The molecule has 1 aliphatic carbocycles. The second-order valence-electron chi connectivity index (χ2n) is 7.17. The van der Waals surface area contributed by atoms with Gasteiger partial charge in [-0.05, 0) is 37.1 Å². The molecule has 32 heavy (non-hydrogen) atoms. The molecular weight excluding hydrogens is 457 g/mol. The zero-order valence-electron chi connectivity index (χ0n) is 17.4. The first-order valence-corrected chi connectivity index (χ1v) is 10.6. The van der Waals surface area contributed by atoms with E-state index < -0.39 is 28.7 Å². The van der Waals surface area contributed by atoms with Crippen LogP contribution in [0.2, 0.25) is 0 Å². The van der Waals surface area contributed by atoms with Crippen LogP contribution < -0.4 is 21.7 Å². The topological polar surface area (TPSA) is 157 Å². The SMILES string of the molecule is CCC1C(CCC(=O)O)=CC=C(Cl)C1(Cl)NC(=O)CNC(=O)c1cccc(NC(=N)N)c1. The molecule has 0 fully saturated rings. The number of rotatable bonds is 9. The standard InChI is InChI=1S/C21H25Cl2N5O4/c1-2-15-12(7-9-18(30)31)6-8-16(22)21(15,23)28-17(29)11-26-19(32)13-4-3-5-14(10-13)27-20(24)25/h3-6,8,10,15H,2,7,9,11H2,1H3,(H,26,32)(H,28,29)(H,30,31)(H4,24,25,27). The lowest BCUT2D eigenvalue weighted by Gasteiger charge is -2.39. The van der Waals surface area contributed by atoms with E-state index in [0.29, 0.717) is 12.1 Å². The maximum absolute atomic E-state index is 12.6. The van der Waals surface area contributed by atoms with Gasteiger partial charge in [-0.25, -0.2) is 0 Å². The van der Waals surface area contributed by atoms with Gasteiger partial charge in [0.1, 0.15) is 0 Å². The van der Waals surface area contributed by atoms with Gasteiger partial charge in [-0.3, -0.25) is 19.8 Å². The van der Waals surface area contributed by atoms with Gasteiger partial charge in [0, 0.05) is 23.6 Å². The smallest absolute Gasteiger partial charge is 0.303 e. The average molecular weight is 482 g/mol. The molecule has 1 aromatic carbocycles. The van der Waals surface area contributed by atoms with E-state index in [9.17, 15) is 14.4 Å². The molecule has 11 heteroatoms. The Morgan fingerprint density at radius 3 is 2.62 bits per heavy atom. The minimum atomic E-state index is -1.44. The number of benzene rings is 1. The van der Waals surface area contributed by atoms with Crippen molar-refractivity contribution < 1.29 is 19.5 Å². The molecule has 0 spiro atoms. The van der Waals surface area contributed by atoms with E-state index in [2.05, 4.69) is 16.0 Å². The fourth-order valence-electron chi connectivity index (χ4n) is 3.44. The number of carbonyl (C=O) groups is 3. The van der Waals surface area contributed by atoms with E-state index >= 15 is 0 Å². The van der Waals surface area contributed by atoms with Crippen molar-refractivity contribution in [2.45, 2.75) is 31.2 Å². The zero-order valence-corrected chi connectivity index (χ0v) is 18.9. The zero-order chi connectivity index (χ0) is 23.9. The minimum absolute atomic E-state index is 0.0671. The van der Waals surface area contributed by atoms with Gasteiger partial charge in [-0.15, -0.1) is 0 Å². The Labute approximate surface area is 195 Å². The number of carboxylic acid groups (broad SMARTS) is 1. The van der Waals surface area contributed by atoms with Crippen LogP contribution in [0.4, 0.5) is 5.69 Å². The summed E-state index contributed by atoms with van der Waals surface area (Å²) in [6.07, 6.45) is 4.00. The van der Waals surface area contributed by atoms with Crippen molar-refractivity contribution in [3.05, 3.63) is 52.6 Å². The molecule has 0 saturated carbocycles. The number of carbonyl (C=O) groups excluding carboxylic acids is 2. The Bertz CT molecular complexity index is 979. The van der Waals surface area contributed by atoms with E-state index in [0.717, 1.165) is 5.57 Å². The predicted molar refractivity (Wildman–Crippen MR) is 124 cm³/mol. The molecule has 2 unspecified atom stereocenters. The number of carboxylic acids is 1. The van der Waals surface area contributed by atoms with Crippen molar-refractivity contribution in [1.82, 2.24) is 10.6 Å². The second kappa shape index (κ2) is 11.0. The Balaban J connectivity index is 2.04. The van der Waals surface area contributed by atoms with Crippen molar-refractivity contribution in [1.29, 1.82) is 5.41 Å². The van der Waals surface area contributed by atoms with Gasteiger partial charge >= 0.3 is 5.97 Å². The maximum atomic E-state index is 12.6. The molecular formula is C21H25Cl2N5O4. The molecule has 1 aromatic rings. The van der Waals surface area contributed by atoms with E-state index in [-0.39, 0.29) is 35.9 Å². The summed E-state index contributed by atoms with van der Waals surface area (Å²) in [6.45, 7) is 1.51. The number of alkyl halides is 1. The number of nitrogens with two attached hydrogens (primary N) is 1. The van der Waals surface area contributed by atoms with Crippen LogP contribution >= 0.6 is 23.2 Å². The van der Waals surface area contributed by atoms with E-state index in [1.54, 1.807) is 30.4 Å². The van der Waals surface area contributed by atoms with Crippen molar-refractivity contribution in [3.8, 4) is 0 Å². The summed E-state index contributed by atoms with van der Waals surface area (Å²) in [5.74, 6) is -2.67. The molecule has 9 nitrogen and oxygen atoms in total. The lowest BCUT2D eigenvalue weighted by molar-refractivity contribution is -0.137. The second-order valence-corrected chi connectivity index (χ2v) is 8.18. The first kappa shape index (κ1) is 25.2. The maximum Gasteiger partial charge on any atom is 0.303 e. The largest absolute Gasteiger partial charge is 0.481 e. The molecule has 1 aliphatic rings. The van der Waals surface area contributed by atoms with E-state index in [1.807, 2.05) is 6.92 Å². The molecule has 0 saturated heterocycles. The van der Waals surface area contributed by atoms with Gasteiger partial charge < -0.3 is 26.8 Å². The summed E-state index contributed by atoms with van der Waals surface area (Å²) < 4.78 is 0. The van der Waals surface area contributed by atoms with Gasteiger partial charge in [-0.2, -0.15) is 0 Å². The van der Waals surface area contributed by atoms with Crippen molar-refractivity contribution in [2.75, 3.05) is 11.9 Å². The number of anilines is 1. The van der Waals surface area contributed by atoms with Crippen LogP contribution in [0.25, 0.3) is 0 Å². The molecule has 0 aliphatic heterocycles. The van der Waals surface area contributed by atoms with Crippen LogP contribution in [0.15, 0.2) is 47.0 Å². The van der Waals surface area contributed by atoms with Crippen LogP contribution in [0, 0.1) is 11.3 Å². The summed E-state index contributed by atoms with van der Waals surface area (Å²) in [6, 6.07) is 6.29. The van der Waals surface area contributed by atoms with Crippen molar-refractivity contribution >= 4 is 52.6 Å². The monoisotopic (exact) mass is 481 g/mol. The van der Waals surface area contributed by atoms with Gasteiger partial charge in [0.15, 0.2) is 11.0 Å². The molecule has 2 atom stereocenters. The molecule has 0 heterocycles. The number of hydrogen-bond donors (Lipinski definition) is 6. The molecule has 7 N–H and O–H groups in total. The molecule has 2 amide bonds. The molecule has 0 aromatic heterocycles. The van der Waals surface area contributed by atoms with Crippen molar-refractivity contribution in [2.24, 2.45) is 11.7 Å². The quantitative estimate of drug-likeness (QED) is 0.138. The van der Waals surface area contributed by atoms with Gasteiger partial charge in [0.25, 0.3) is 5.91 Å². The van der Waals surface area contributed by atoms with Crippen molar-refractivity contribution in [3.63, 3.8) is 0 Å². The fraction of sp³-hybridized carbons (Fsp3) is 0.333. The normalized spacial score (nSPS) is 19.9. The van der Waals surface area contributed by atoms with Crippen LogP contribution in [0.5, 0.6) is 0 Å². The van der Waals surface area contributed by atoms with Crippen LogP contribution in [0.3, 0.4) is 0 Å². The number of hydrogen-bond acceptors (Lipinski definition) is 4. The highest BCUT2D eigenvalue weighted by atomic mass is 35.5. The Morgan fingerprint density at radius 2 is 2.00 bits per heavy atom. The van der Waals surface area contributed by atoms with Gasteiger partial charge in [0.2, 0.25) is 5.91 Å². The first-order chi connectivity index (χ1) is 15.1. The third kappa shape index (κ3) is 6.48. The van der Waals surface area contributed by atoms with Gasteiger partial charge in [-0.1, -0.05) is 47.8 Å². The summed E-state index contributed by atoms with van der Waals surface area (Å²) in [7, 11) is 0. The number of amides is 2. The Kier molecular flexibility index (Phi) is 8.68. The average Bonchev–Trinajstić information content (AvgIpc) is 2.72. The first-order valence-electron chi connectivity index (χ1n) is 9.84. The summed E-state index contributed by atoms with van der Waals surface area (Å²) in [5.41, 5.74) is 6.78. The fourth-order valence-corrected chi connectivity index (χ4v) is 4.15. The van der Waals surface area contributed by atoms with Gasteiger partial charge in [0.05, 0.1) is 11.6 Å². The van der Waals surface area contributed by atoms with E-state index in [1.165, 1.54) is 6.07 Å². The summed E-state index contributed by atoms with van der Waals surface area (Å²) in [5, 5.41) is 24.2. The molecule has 0 radical (unpaired) electrons. The predicted octanol–water partition coefficient (Wildman–Crippen LogP) is 2.73. The summed E-state index contributed by atoms with van der Waals surface area (Å²) in [4.78, 5) is 34.5.